The van der Waals surface area contributed by atoms with Crippen LogP contribution < -0.4 is 21.2 Å². The molecule has 0 atom stereocenters. The van der Waals surface area contributed by atoms with Crippen LogP contribution in [0.1, 0.15) is 111 Å². The zero-order valence-corrected chi connectivity index (χ0v) is 27.8. The van der Waals surface area contributed by atoms with E-state index in [1.165, 1.54) is 63.9 Å². The topological polar surface area (TPSA) is 0 Å². The summed E-state index contributed by atoms with van der Waals surface area (Å²) in [5.41, 5.74) is 12.9. The summed E-state index contributed by atoms with van der Waals surface area (Å²) in [5.74, 6) is 1.63. The standard InChI is InChI=1S/C33H45BrIS/c1-6-11-13-25-29-16-30-27(15-28(29)26(14-12-7-2)32(20-36)31(25)17-34)23(9-4)22(8-3)24(10-5)33(30)21-18-35-19-21/h15-16,21,36H,6-14,17-20H2,1-5H3/q-1. The van der Waals surface area contributed by atoms with Gasteiger partial charge in [-0.15, -0.1) is 0 Å². The molecule has 0 spiro atoms. The third-order valence-corrected chi connectivity index (χ3v) is 12.7. The molecule has 0 radical (unpaired) electrons. The van der Waals surface area contributed by atoms with Crippen LogP contribution in [0, 0.1) is 0 Å². The van der Waals surface area contributed by atoms with Gasteiger partial charge in [0.05, 0.1) is 0 Å². The zero-order chi connectivity index (χ0) is 25.8. The summed E-state index contributed by atoms with van der Waals surface area (Å²) < 4.78 is 2.95. The summed E-state index contributed by atoms with van der Waals surface area (Å²) in [4.78, 5) is 0. The van der Waals surface area contributed by atoms with Crippen LogP contribution in [0.3, 0.4) is 0 Å². The molecular weight excluding hydrogens is 635 g/mol. The van der Waals surface area contributed by atoms with E-state index in [1.807, 2.05) is 0 Å². The molecule has 3 heteroatoms. The van der Waals surface area contributed by atoms with E-state index in [0.717, 1.165) is 36.3 Å². The van der Waals surface area contributed by atoms with E-state index >= 15 is 0 Å². The molecule has 0 saturated carbocycles. The van der Waals surface area contributed by atoms with Crippen LogP contribution >= 0.6 is 28.6 Å². The first-order chi connectivity index (χ1) is 17.6. The van der Waals surface area contributed by atoms with Crippen LogP contribution in [0.5, 0.6) is 0 Å². The summed E-state index contributed by atoms with van der Waals surface area (Å²) in [6.45, 7) is 11.8. The molecule has 1 aliphatic heterocycles. The predicted octanol–water partition coefficient (Wildman–Crippen LogP) is 6.88. The van der Waals surface area contributed by atoms with Crippen molar-refractivity contribution in [1.82, 2.24) is 0 Å². The summed E-state index contributed by atoms with van der Waals surface area (Å²) in [6.07, 6.45) is 10.8. The number of hydrogen-bond donors (Lipinski definition) is 1. The van der Waals surface area contributed by atoms with Gasteiger partial charge in [-0.1, -0.05) is 0 Å². The molecular formula is C33H45BrIS-. The van der Waals surface area contributed by atoms with Crippen molar-refractivity contribution in [2.24, 2.45) is 0 Å². The minimum atomic E-state index is 0.432. The predicted molar refractivity (Wildman–Crippen MR) is 165 cm³/mol. The van der Waals surface area contributed by atoms with Crippen LogP contribution in [0.25, 0.3) is 21.5 Å². The van der Waals surface area contributed by atoms with Crippen molar-refractivity contribution in [2.45, 2.75) is 109 Å². The maximum absolute atomic E-state index is 4.90. The molecule has 1 aliphatic rings. The normalized spacial score (nSPS) is 14.4. The van der Waals surface area contributed by atoms with Gasteiger partial charge in [0, 0.05) is 0 Å². The number of unbranched alkanes of at least 4 members (excludes halogenated alkanes) is 2. The molecule has 1 saturated heterocycles. The zero-order valence-electron chi connectivity index (χ0n) is 23.1. The molecule has 0 N–H and O–H groups in total. The number of aryl methyl sites for hydroxylation is 3. The van der Waals surface area contributed by atoms with Gasteiger partial charge in [-0.05, 0) is 0 Å². The van der Waals surface area contributed by atoms with E-state index in [4.69, 9.17) is 12.6 Å². The molecule has 1 fully saturated rings. The molecule has 0 aliphatic carbocycles. The van der Waals surface area contributed by atoms with Crippen LogP contribution in [-0.2, 0) is 43.2 Å². The van der Waals surface area contributed by atoms with Crippen molar-refractivity contribution in [2.75, 3.05) is 8.86 Å². The average Bonchev–Trinajstić information content (AvgIpc) is 2.87. The van der Waals surface area contributed by atoms with Crippen molar-refractivity contribution in [3.05, 3.63) is 56.6 Å². The Bertz CT molecular complexity index is 1220. The van der Waals surface area contributed by atoms with E-state index in [2.05, 4.69) is 62.7 Å². The molecule has 0 amide bonds. The first-order valence-electron chi connectivity index (χ1n) is 14.4. The van der Waals surface area contributed by atoms with Crippen molar-refractivity contribution in [3.63, 3.8) is 0 Å². The number of alkyl halides is 3. The van der Waals surface area contributed by atoms with Crippen LogP contribution in [0.2, 0.25) is 0 Å². The fraction of sp³-hybridized carbons (Fsp3) is 0.576. The van der Waals surface area contributed by atoms with E-state index < -0.39 is 0 Å². The molecule has 3 aromatic carbocycles. The van der Waals surface area contributed by atoms with E-state index in [1.54, 1.807) is 49.5 Å². The summed E-state index contributed by atoms with van der Waals surface area (Å²) >= 11 is 9.26. The Morgan fingerprint density at radius 2 is 1.22 bits per heavy atom. The Morgan fingerprint density at radius 3 is 1.67 bits per heavy atom. The fourth-order valence-corrected chi connectivity index (χ4v) is 9.82. The first-order valence-corrected chi connectivity index (χ1v) is 19.2. The number of fused-ring (bicyclic) bond motifs is 2. The van der Waals surface area contributed by atoms with Gasteiger partial charge in [-0.25, -0.2) is 0 Å². The van der Waals surface area contributed by atoms with Gasteiger partial charge in [0.25, 0.3) is 0 Å². The average molecular weight is 681 g/mol. The Morgan fingerprint density at radius 1 is 0.694 bits per heavy atom. The van der Waals surface area contributed by atoms with Gasteiger partial charge in [-0.3, -0.25) is 0 Å². The molecule has 0 nitrogen and oxygen atoms in total. The number of halogens is 2. The van der Waals surface area contributed by atoms with E-state index in [9.17, 15) is 0 Å². The van der Waals surface area contributed by atoms with Crippen molar-refractivity contribution in [3.8, 4) is 0 Å². The number of rotatable bonds is 12. The third kappa shape index (κ3) is 5.16. The minimum absolute atomic E-state index is 0.432. The second kappa shape index (κ2) is 13.2. The quantitative estimate of drug-likeness (QED) is 0.0918. The molecule has 4 rings (SSSR count). The molecule has 1 heterocycles. The third-order valence-electron chi connectivity index (χ3n) is 8.48. The van der Waals surface area contributed by atoms with Gasteiger partial charge in [-0.2, -0.15) is 0 Å². The Balaban J connectivity index is 2.21. The SMILES string of the molecule is CCCCc1c(CS)c(CBr)c(CCCC)c2cc3c(C4C[I-]C4)c(CC)c(CC)c(CC)c3cc12. The van der Waals surface area contributed by atoms with Crippen molar-refractivity contribution >= 4 is 50.1 Å². The van der Waals surface area contributed by atoms with Gasteiger partial charge >= 0.3 is 246 Å². The Kier molecular flexibility index (Phi) is 10.5. The molecule has 0 unspecified atom stereocenters. The van der Waals surface area contributed by atoms with Crippen LogP contribution in [-0.4, -0.2) is 8.86 Å². The summed E-state index contributed by atoms with van der Waals surface area (Å²) in [5, 5.41) is 7.18. The maximum atomic E-state index is 4.90. The van der Waals surface area contributed by atoms with E-state index in [0.29, 0.717) is 21.2 Å². The van der Waals surface area contributed by atoms with Gasteiger partial charge in [0.15, 0.2) is 0 Å². The fourth-order valence-electron chi connectivity index (χ4n) is 6.63. The Labute approximate surface area is 244 Å². The van der Waals surface area contributed by atoms with Gasteiger partial charge in [0.1, 0.15) is 0 Å². The molecule has 3 aromatic rings. The second-order valence-corrected chi connectivity index (χ2v) is 14.2. The summed E-state index contributed by atoms with van der Waals surface area (Å²) in [7, 11) is 0. The van der Waals surface area contributed by atoms with Crippen molar-refractivity contribution < 1.29 is 21.2 Å². The van der Waals surface area contributed by atoms with Gasteiger partial charge in [0.2, 0.25) is 0 Å². The molecule has 36 heavy (non-hydrogen) atoms. The number of benzene rings is 3. The Hall–Kier alpha value is -0.260. The van der Waals surface area contributed by atoms with E-state index in [-0.39, 0.29) is 0 Å². The van der Waals surface area contributed by atoms with Crippen LogP contribution in [0.4, 0.5) is 0 Å². The molecule has 198 valence electrons. The second-order valence-electron chi connectivity index (χ2n) is 10.5. The van der Waals surface area contributed by atoms with Crippen LogP contribution in [0.15, 0.2) is 12.1 Å². The van der Waals surface area contributed by atoms with Crippen molar-refractivity contribution in [1.29, 1.82) is 0 Å². The number of hydrogen-bond acceptors (Lipinski definition) is 1. The molecule has 0 aromatic heterocycles. The van der Waals surface area contributed by atoms with Gasteiger partial charge < -0.3 is 0 Å². The first kappa shape index (κ1) is 28.7. The molecule has 0 bridgehead atoms. The number of thiol groups is 1. The monoisotopic (exact) mass is 679 g/mol. The summed E-state index contributed by atoms with van der Waals surface area (Å²) in [6, 6.07) is 5.34.